The Morgan fingerprint density at radius 1 is 1.00 bits per heavy atom. The molecule has 1 aliphatic rings. The smallest absolute Gasteiger partial charge is 0.0135 e. The lowest BCUT2D eigenvalue weighted by molar-refractivity contribution is 0.566. The summed E-state index contributed by atoms with van der Waals surface area (Å²) in [5.74, 6) is 0. The van der Waals surface area contributed by atoms with E-state index in [2.05, 4.69) is 38.7 Å². The Kier molecular flexibility index (Phi) is 14.7. The maximum atomic E-state index is 3.73. The molecule has 0 aromatic heterocycles. The third kappa shape index (κ3) is 15.2. The van der Waals surface area contributed by atoms with Crippen molar-refractivity contribution >= 4 is 0 Å². The van der Waals surface area contributed by atoms with Gasteiger partial charge >= 0.3 is 0 Å². The normalized spacial score (nSPS) is 12.8. The molecule has 0 atom stereocenters. The zero-order valence-corrected chi connectivity index (χ0v) is 13.3. The van der Waals surface area contributed by atoms with Crippen molar-refractivity contribution in [1.82, 2.24) is 0 Å². The summed E-state index contributed by atoms with van der Waals surface area (Å²) in [6.07, 6.45) is 23.6. The first-order valence-corrected chi connectivity index (χ1v) is 8.24. The van der Waals surface area contributed by atoms with Gasteiger partial charge in [-0.3, -0.25) is 0 Å². The molecular weight excluding hydrogens is 228 g/mol. The highest BCUT2D eigenvalue weighted by atomic mass is 14.0. The van der Waals surface area contributed by atoms with Crippen LogP contribution in [0.5, 0.6) is 0 Å². The van der Waals surface area contributed by atoms with E-state index in [1.54, 1.807) is 0 Å². The van der Waals surface area contributed by atoms with Crippen LogP contribution in [0.4, 0.5) is 0 Å². The highest BCUT2D eigenvalue weighted by Crippen LogP contribution is 2.10. The fourth-order valence-corrected chi connectivity index (χ4v) is 2.15. The molecule has 1 rings (SSSR count). The van der Waals surface area contributed by atoms with Crippen molar-refractivity contribution in [1.29, 1.82) is 0 Å². The second-order valence-electron chi connectivity index (χ2n) is 5.55. The van der Waals surface area contributed by atoms with Gasteiger partial charge in [0.15, 0.2) is 0 Å². The average Bonchev–Trinajstić information content (AvgIpc) is 2.89. The van der Waals surface area contributed by atoms with Gasteiger partial charge in [-0.2, -0.15) is 0 Å². The molecule has 0 aromatic carbocycles. The minimum atomic E-state index is 1.17. The molecule has 19 heavy (non-hydrogen) atoms. The van der Waals surface area contributed by atoms with Gasteiger partial charge in [-0.25, -0.2) is 0 Å². The Bertz CT molecular complexity index is 245. The summed E-state index contributed by atoms with van der Waals surface area (Å²) >= 11 is 0. The third-order valence-electron chi connectivity index (χ3n) is 3.47. The highest BCUT2D eigenvalue weighted by Gasteiger charge is 1.90. The average molecular weight is 262 g/mol. The van der Waals surface area contributed by atoms with Gasteiger partial charge in [0, 0.05) is 0 Å². The lowest BCUT2D eigenvalue weighted by Gasteiger charge is -2.00. The first-order valence-electron chi connectivity index (χ1n) is 8.24. The SMILES string of the molecule is C=CCCCCCCCCCCC.CC1=CC=CC1. The summed E-state index contributed by atoms with van der Waals surface area (Å²) < 4.78 is 0. The van der Waals surface area contributed by atoms with Gasteiger partial charge in [0.1, 0.15) is 0 Å². The Balaban J connectivity index is 0.000000443. The number of unbranched alkanes of at least 4 members (excludes halogenated alkanes) is 9. The van der Waals surface area contributed by atoms with Crippen LogP contribution >= 0.6 is 0 Å². The third-order valence-corrected chi connectivity index (χ3v) is 3.47. The van der Waals surface area contributed by atoms with Crippen LogP contribution in [0.25, 0.3) is 0 Å². The van der Waals surface area contributed by atoms with Crippen LogP contribution in [0.2, 0.25) is 0 Å². The van der Waals surface area contributed by atoms with Gasteiger partial charge in [0.2, 0.25) is 0 Å². The zero-order chi connectivity index (χ0) is 14.2. The summed E-state index contributed by atoms with van der Waals surface area (Å²) in [6, 6.07) is 0. The molecule has 0 saturated heterocycles. The predicted molar refractivity (Wildman–Crippen MR) is 89.6 cm³/mol. The molecule has 0 nitrogen and oxygen atoms in total. The van der Waals surface area contributed by atoms with E-state index in [0.717, 1.165) is 0 Å². The molecular formula is C19H34. The molecule has 0 aromatic rings. The van der Waals surface area contributed by atoms with Crippen LogP contribution < -0.4 is 0 Å². The molecule has 0 unspecified atom stereocenters. The Hall–Kier alpha value is -0.780. The molecule has 0 spiro atoms. The summed E-state index contributed by atoms with van der Waals surface area (Å²) in [6.45, 7) is 8.14. The topological polar surface area (TPSA) is 0 Å². The minimum Gasteiger partial charge on any atom is -0.103 e. The van der Waals surface area contributed by atoms with E-state index in [4.69, 9.17) is 0 Å². The van der Waals surface area contributed by atoms with Crippen molar-refractivity contribution in [2.75, 3.05) is 0 Å². The van der Waals surface area contributed by atoms with E-state index in [1.807, 2.05) is 6.08 Å². The van der Waals surface area contributed by atoms with E-state index in [9.17, 15) is 0 Å². The molecule has 0 N–H and O–H groups in total. The first-order chi connectivity index (χ1) is 9.31. The van der Waals surface area contributed by atoms with Crippen LogP contribution in [-0.4, -0.2) is 0 Å². The molecule has 0 saturated carbocycles. The lowest BCUT2D eigenvalue weighted by atomic mass is 10.1. The van der Waals surface area contributed by atoms with Crippen molar-refractivity contribution in [2.24, 2.45) is 0 Å². The maximum absolute atomic E-state index is 3.73. The molecule has 0 amide bonds. The van der Waals surface area contributed by atoms with Crippen molar-refractivity contribution in [2.45, 2.75) is 84.5 Å². The van der Waals surface area contributed by atoms with Crippen molar-refractivity contribution in [3.63, 3.8) is 0 Å². The summed E-state index contributed by atoms with van der Waals surface area (Å²) in [5, 5.41) is 0. The highest BCUT2D eigenvalue weighted by molar-refractivity contribution is 5.20. The van der Waals surface area contributed by atoms with E-state index in [-0.39, 0.29) is 0 Å². The van der Waals surface area contributed by atoms with Crippen LogP contribution in [0, 0.1) is 0 Å². The number of rotatable bonds is 10. The molecule has 0 heteroatoms. The fraction of sp³-hybridized carbons (Fsp3) is 0.684. The predicted octanol–water partition coefficient (Wildman–Crippen LogP) is 6.99. The molecule has 110 valence electrons. The number of hydrogen-bond donors (Lipinski definition) is 0. The number of allylic oxidation sites excluding steroid dienone is 5. The first kappa shape index (κ1) is 18.2. The minimum absolute atomic E-state index is 1.17. The van der Waals surface area contributed by atoms with Gasteiger partial charge in [-0.05, 0) is 26.2 Å². The molecule has 0 radical (unpaired) electrons. The van der Waals surface area contributed by atoms with Gasteiger partial charge in [0.05, 0.1) is 0 Å². The summed E-state index contributed by atoms with van der Waals surface area (Å²) in [5.41, 5.74) is 1.47. The maximum Gasteiger partial charge on any atom is -0.0135 e. The fourth-order valence-electron chi connectivity index (χ4n) is 2.15. The van der Waals surface area contributed by atoms with E-state index in [1.165, 1.54) is 76.2 Å². The Morgan fingerprint density at radius 2 is 1.58 bits per heavy atom. The van der Waals surface area contributed by atoms with Gasteiger partial charge in [0.25, 0.3) is 0 Å². The standard InChI is InChI=1S/C13H26.C6H8/c1-3-5-7-9-11-13-12-10-8-6-4-2;1-6-4-2-3-5-6/h3H,1,4-13H2,2H3;2-4H,5H2,1H3. The summed E-state index contributed by atoms with van der Waals surface area (Å²) in [7, 11) is 0. The van der Waals surface area contributed by atoms with Gasteiger partial charge < -0.3 is 0 Å². The van der Waals surface area contributed by atoms with Crippen molar-refractivity contribution in [3.05, 3.63) is 36.5 Å². The largest absolute Gasteiger partial charge is 0.103 e. The quantitative estimate of drug-likeness (QED) is 0.294. The van der Waals surface area contributed by atoms with Gasteiger partial charge in [-0.1, -0.05) is 88.2 Å². The molecule has 1 aliphatic carbocycles. The number of hydrogen-bond acceptors (Lipinski definition) is 0. The van der Waals surface area contributed by atoms with E-state index in [0.29, 0.717) is 0 Å². The van der Waals surface area contributed by atoms with Crippen molar-refractivity contribution in [3.8, 4) is 0 Å². The Morgan fingerprint density at radius 3 is 1.95 bits per heavy atom. The lowest BCUT2D eigenvalue weighted by Crippen LogP contribution is -1.80. The van der Waals surface area contributed by atoms with Gasteiger partial charge in [-0.15, -0.1) is 6.58 Å². The van der Waals surface area contributed by atoms with Crippen LogP contribution in [0.15, 0.2) is 36.5 Å². The second-order valence-corrected chi connectivity index (χ2v) is 5.55. The van der Waals surface area contributed by atoms with Crippen LogP contribution in [0.3, 0.4) is 0 Å². The Labute approximate surface area is 121 Å². The molecule has 0 heterocycles. The second kappa shape index (κ2) is 15.3. The van der Waals surface area contributed by atoms with E-state index < -0.39 is 0 Å². The molecule has 0 fully saturated rings. The monoisotopic (exact) mass is 262 g/mol. The van der Waals surface area contributed by atoms with Crippen LogP contribution in [-0.2, 0) is 0 Å². The summed E-state index contributed by atoms with van der Waals surface area (Å²) in [4.78, 5) is 0. The van der Waals surface area contributed by atoms with E-state index >= 15 is 0 Å². The molecule has 0 bridgehead atoms. The van der Waals surface area contributed by atoms with Crippen LogP contribution in [0.1, 0.15) is 84.5 Å². The molecule has 0 aliphatic heterocycles. The zero-order valence-electron chi connectivity index (χ0n) is 13.3. The van der Waals surface area contributed by atoms with Crippen molar-refractivity contribution < 1.29 is 0 Å².